The highest BCUT2D eigenvalue weighted by molar-refractivity contribution is 5.77. The number of halogens is 3. The summed E-state index contributed by atoms with van der Waals surface area (Å²) in [6.07, 6.45) is 0.195. The van der Waals surface area contributed by atoms with E-state index in [0.717, 1.165) is 12.1 Å². The zero-order chi connectivity index (χ0) is 25.6. The third-order valence-corrected chi connectivity index (χ3v) is 5.01. The van der Waals surface area contributed by atoms with Gasteiger partial charge in [-0.15, -0.1) is 13.2 Å². The van der Waals surface area contributed by atoms with E-state index < -0.39 is 18.4 Å². The van der Waals surface area contributed by atoms with Gasteiger partial charge in [-0.25, -0.2) is 14.8 Å². The molecule has 10 heteroatoms. The fraction of sp³-hybridized carbons (Fsp3) is 0.360. The summed E-state index contributed by atoms with van der Waals surface area (Å²) >= 11 is 0. The molecule has 35 heavy (non-hydrogen) atoms. The molecule has 7 nitrogen and oxygen atoms in total. The number of alkyl halides is 3. The summed E-state index contributed by atoms with van der Waals surface area (Å²) < 4.78 is 41.9. The van der Waals surface area contributed by atoms with Crippen molar-refractivity contribution in [3.8, 4) is 28.3 Å². The standard InChI is InChI=1S/C25H27F3N4O3/c1-4-6-19-12-22(31-21(24(33)34)9-15(2)3)32-23(30-19)18-10-17(13-29-14-18)16-7-5-8-20(11-16)35-25(26,27)28/h5,7-8,10-15,21H,4,6,9H2,1-3H3,(H,33,34)(H,30,31,32). The minimum Gasteiger partial charge on any atom is -0.480 e. The number of carboxylic acid groups (broad SMARTS) is 1. The van der Waals surface area contributed by atoms with Crippen LogP contribution in [0.15, 0.2) is 48.8 Å². The molecule has 0 saturated heterocycles. The summed E-state index contributed by atoms with van der Waals surface area (Å²) in [4.78, 5) is 25.1. The Hall–Kier alpha value is -3.69. The zero-order valence-corrected chi connectivity index (χ0v) is 19.6. The molecule has 0 aliphatic carbocycles. The largest absolute Gasteiger partial charge is 0.573 e. The zero-order valence-electron chi connectivity index (χ0n) is 19.6. The number of hydrogen-bond acceptors (Lipinski definition) is 6. The van der Waals surface area contributed by atoms with Crippen molar-refractivity contribution in [3.63, 3.8) is 0 Å². The maximum Gasteiger partial charge on any atom is 0.573 e. The van der Waals surface area contributed by atoms with Gasteiger partial charge in [-0.2, -0.15) is 0 Å². The smallest absolute Gasteiger partial charge is 0.480 e. The molecule has 186 valence electrons. The first-order valence-corrected chi connectivity index (χ1v) is 11.2. The number of ether oxygens (including phenoxy) is 1. The van der Waals surface area contributed by atoms with Crippen LogP contribution in [0.25, 0.3) is 22.5 Å². The molecule has 0 fully saturated rings. The molecule has 1 unspecified atom stereocenters. The molecule has 0 bridgehead atoms. The molecule has 1 atom stereocenters. The molecule has 2 N–H and O–H groups in total. The maximum absolute atomic E-state index is 12.6. The molecule has 1 aromatic carbocycles. The molecule has 3 aromatic rings. The van der Waals surface area contributed by atoms with Crippen LogP contribution in [-0.4, -0.2) is 38.4 Å². The molecule has 2 heterocycles. The van der Waals surface area contributed by atoms with E-state index in [0.29, 0.717) is 41.2 Å². The average Bonchev–Trinajstić information content (AvgIpc) is 2.77. The Balaban J connectivity index is 1.97. The van der Waals surface area contributed by atoms with E-state index in [-0.39, 0.29) is 11.7 Å². The first-order valence-electron chi connectivity index (χ1n) is 11.2. The Morgan fingerprint density at radius 1 is 1.09 bits per heavy atom. The van der Waals surface area contributed by atoms with Crippen molar-refractivity contribution < 1.29 is 27.8 Å². The van der Waals surface area contributed by atoms with Gasteiger partial charge in [0, 0.05) is 35.3 Å². The Morgan fingerprint density at radius 3 is 2.49 bits per heavy atom. The number of pyridine rings is 1. The monoisotopic (exact) mass is 488 g/mol. The molecule has 3 rings (SSSR count). The number of aromatic nitrogens is 3. The summed E-state index contributed by atoms with van der Waals surface area (Å²) in [5.41, 5.74) is 2.31. The molecular weight excluding hydrogens is 461 g/mol. The predicted octanol–water partition coefficient (Wildman–Crippen LogP) is 5.97. The third kappa shape index (κ3) is 7.66. The first kappa shape index (κ1) is 25.9. The summed E-state index contributed by atoms with van der Waals surface area (Å²) in [5, 5.41) is 12.6. The van der Waals surface area contributed by atoms with Crippen molar-refractivity contribution >= 4 is 11.8 Å². The molecule has 0 aliphatic heterocycles. The maximum atomic E-state index is 12.6. The highest BCUT2D eigenvalue weighted by atomic mass is 19.4. The molecule has 0 aliphatic rings. The lowest BCUT2D eigenvalue weighted by molar-refractivity contribution is -0.274. The highest BCUT2D eigenvalue weighted by Gasteiger charge is 2.31. The van der Waals surface area contributed by atoms with Gasteiger partial charge in [-0.05, 0) is 42.5 Å². The normalized spacial score (nSPS) is 12.4. The topological polar surface area (TPSA) is 97.2 Å². The number of carbonyl (C=O) groups is 1. The van der Waals surface area contributed by atoms with Crippen molar-refractivity contribution in [3.05, 3.63) is 54.5 Å². The van der Waals surface area contributed by atoms with Crippen LogP contribution in [0.4, 0.5) is 19.0 Å². The fourth-order valence-corrected chi connectivity index (χ4v) is 3.55. The van der Waals surface area contributed by atoms with Crippen LogP contribution in [0.5, 0.6) is 5.75 Å². The van der Waals surface area contributed by atoms with E-state index in [2.05, 4.69) is 25.0 Å². The van der Waals surface area contributed by atoms with Crippen molar-refractivity contribution in [2.24, 2.45) is 5.92 Å². The van der Waals surface area contributed by atoms with Crippen LogP contribution >= 0.6 is 0 Å². The Morgan fingerprint density at radius 2 is 1.83 bits per heavy atom. The Labute approximate surface area is 201 Å². The lowest BCUT2D eigenvalue weighted by Gasteiger charge is -2.18. The van der Waals surface area contributed by atoms with Crippen molar-refractivity contribution in [2.45, 2.75) is 52.4 Å². The van der Waals surface area contributed by atoms with Crippen molar-refractivity contribution in [1.29, 1.82) is 0 Å². The van der Waals surface area contributed by atoms with Gasteiger partial charge in [-0.3, -0.25) is 4.98 Å². The number of carboxylic acids is 1. The summed E-state index contributed by atoms with van der Waals surface area (Å²) in [6.45, 7) is 5.89. The lowest BCUT2D eigenvalue weighted by Crippen LogP contribution is -2.31. The second kappa shape index (κ2) is 11.2. The number of aliphatic carboxylic acids is 1. The lowest BCUT2D eigenvalue weighted by atomic mass is 10.0. The second-order valence-electron chi connectivity index (χ2n) is 8.52. The van der Waals surface area contributed by atoms with Crippen LogP contribution in [0.1, 0.15) is 39.3 Å². The summed E-state index contributed by atoms with van der Waals surface area (Å²) in [6, 6.07) is 8.25. The van der Waals surface area contributed by atoms with Gasteiger partial charge in [0.1, 0.15) is 17.6 Å². The van der Waals surface area contributed by atoms with E-state index in [9.17, 15) is 23.1 Å². The highest BCUT2D eigenvalue weighted by Crippen LogP contribution is 2.30. The van der Waals surface area contributed by atoms with Crippen LogP contribution in [0.3, 0.4) is 0 Å². The molecule has 0 radical (unpaired) electrons. The SMILES string of the molecule is CCCc1cc(NC(CC(C)C)C(=O)O)nc(-c2cncc(-c3cccc(OC(F)(F)F)c3)c2)n1. The van der Waals surface area contributed by atoms with Gasteiger partial charge in [0.25, 0.3) is 0 Å². The van der Waals surface area contributed by atoms with Gasteiger partial charge in [0.15, 0.2) is 5.82 Å². The number of hydrogen-bond donors (Lipinski definition) is 2. The Kier molecular flexibility index (Phi) is 8.26. The van der Waals surface area contributed by atoms with Gasteiger partial charge in [0.2, 0.25) is 0 Å². The number of rotatable bonds is 10. The quantitative estimate of drug-likeness (QED) is 0.363. The number of nitrogens with zero attached hydrogens (tertiary/aromatic N) is 3. The summed E-state index contributed by atoms with van der Waals surface area (Å²) in [5.74, 6) is -0.418. The molecule has 0 spiro atoms. The predicted molar refractivity (Wildman–Crippen MR) is 126 cm³/mol. The average molecular weight is 489 g/mol. The van der Waals surface area contributed by atoms with Gasteiger partial charge < -0.3 is 15.2 Å². The van der Waals surface area contributed by atoms with Crippen LogP contribution in [0, 0.1) is 5.92 Å². The Bertz CT molecular complexity index is 1170. The molecule has 2 aromatic heterocycles. The number of anilines is 1. The van der Waals surface area contributed by atoms with Gasteiger partial charge in [0.05, 0.1) is 0 Å². The fourth-order valence-electron chi connectivity index (χ4n) is 3.55. The minimum atomic E-state index is -4.79. The second-order valence-corrected chi connectivity index (χ2v) is 8.52. The van der Waals surface area contributed by atoms with Crippen LogP contribution < -0.4 is 10.1 Å². The van der Waals surface area contributed by atoms with E-state index in [1.807, 2.05) is 20.8 Å². The van der Waals surface area contributed by atoms with Crippen molar-refractivity contribution in [2.75, 3.05) is 5.32 Å². The first-order chi connectivity index (χ1) is 16.5. The van der Waals surface area contributed by atoms with E-state index in [4.69, 9.17) is 0 Å². The van der Waals surface area contributed by atoms with Crippen LogP contribution in [0.2, 0.25) is 0 Å². The van der Waals surface area contributed by atoms with Gasteiger partial charge in [-0.1, -0.05) is 39.3 Å². The number of nitrogens with one attached hydrogen (secondary N) is 1. The molecular formula is C25H27F3N4O3. The third-order valence-electron chi connectivity index (χ3n) is 5.01. The van der Waals surface area contributed by atoms with E-state index in [1.54, 1.807) is 24.4 Å². The van der Waals surface area contributed by atoms with Crippen LogP contribution in [-0.2, 0) is 11.2 Å². The van der Waals surface area contributed by atoms with Gasteiger partial charge >= 0.3 is 12.3 Å². The van der Waals surface area contributed by atoms with E-state index >= 15 is 0 Å². The summed E-state index contributed by atoms with van der Waals surface area (Å²) in [7, 11) is 0. The minimum absolute atomic E-state index is 0.165. The number of benzene rings is 1. The molecule has 0 amide bonds. The number of aryl methyl sites for hydroxylation is 1. The van der Waals surface area contributed by atoms with Crippen molar-refractivity contribution in [1.82, 2.24) is 15.0 Å². The van der Waals surface area contributed by atoms with E-state index in [1.165, 1.54) is 24.4 Å². The molecule has 0 saturated carbocycles.